The van der Waals surface area contributed by atoms with Crippen LogP contribution >= 0.6 is 11.3 Å². The molecule has 1 unspecified atom stereocenters. The highest BCUT2D eigenvalue weighted by atomic mass is 32.1. The molecule has 0 saturated carbocycles. The highest BCUT2D eigenvalue weighted by Gasteiger charge is 2.19. The fourth-order valence-electron chi connectivity index (χ4n) is 1.54. The summed E-state index contributed by atoms with van der Waals surface area (Å²) in [6, 6.07) is -0.252. The lowest BCUT2D eigenvalue weighted by Crippen LogP contribution is -2.29. The zero-order valence-electron chi connectivity index (χ0n) is 10.1. The maximum atomic E-state index is 11.9. The van der Waals surface area contributed by atoms with E-state index in [1.807, 2.05) is 6.92 Å². The van der Waals surface area contributed by atoms with E-state index in [-0.39, 0.29) is 16.7 Å². The Labute approximate surface area is 112 Å². The highest BCUT2D eigenvalue weighted by molar-refractivity contribution is 7.11. The average Bonchev–Trinajstić information content (AvgIpc) is 3.05. The molecule has 0 aliphatic heterocycles. The first kappa shape index (κ1) is 13.2. The van der Waals surface area contributed by atoms with E-state index in [1.165, 1.54) is 5.38 Å². The molecule has 0 aliphatic carbocycles. The second-order valence-corrected chi connectivity index (χ2v) is 4.61. The number of thiazole rings is 1. The molecule has 8 heteroatoms. The number of aromatic nitrogens is 3. The summed E-state index contributed by atoms with van der Waals surface area (Å²) < 4.78 is 0. The maximum Gasteiger partial charge on any atom is 0.365 e. The summed E-state index contributed by atoms with van der Waals surface area (Å²) in [7, 11) is 0. The van der Waals surface area contributed by atoms with Gasteiger partial charge in [-0.15, -0.1) is 11.3 Å². The molecular weight excluding hydrogens is 268 g/mol. The first-order valence-corrected chi connectivity index (χ1v) is 6.48. The lowest BCUT2D eigenvalue weighted by atomic mass is 10.2. The molecule has 0 fully saturated rings. The van der Waals surface area contributed by atoms with Gasteiger partial charge in [0.05, 0.1) is 6.04 Å². The van der Waals surface area contributed by atoms with Crippen LogP contribution in [0.5, 0.6) is 0 Å². The van der Waals surface area contributed by atoms with Gasteiger partial charge in [0.25, 0.3) is 5.91 Å². The Hall–Kier alpha value is -2.22. The van der Waals surface area contributed by atoms with Gasteiger partial charge < -0.3 is 15.4 Å². The number of carboxylic acid groups (broad SMARTS) is 1. The summed E-state index contributed by atoms with van der Waals surface area (Å²) in [6.07, 6.45) is 3.94. The maximum absolute atomic E-state index is 11.9. The number of carbonyl (C=O) groups excluding carboxylic acids is 1. The van der Waals surface area contributed by atoms with Crippen LogP contribution in [0, 0.1) is 0 Å². The number of H-pyrrole nitrogens is 1. The van der Waals surface area contributed by atoms with Gasteiger partial charge in [-0.05, 0) is 6.42 Å². The normalized spacial score (nSPS) is 12.1. The Bertz CT molecular complexity index is 579. The van der Waals surface area contributed by atoms with Gasteiger partial charge >= 0.3 is 5.97 Å². The number of aromatic amines is 1. The molecule has 2 rings (SSSR count). The number of carboxylic acids is 1. The van der Waals surface area contributed by atoms with E-state index in [9.17, 15) is 9.59 Å². The van der Waals surface area contributed by atoms with Crippen molar-refractivity contribution in [1.29, 1.82) is 0 Å². The fourth-order valence-corrected chi connectivity index (χ4v) is 2.18. The van der Waals surface area contributed by atoms with Gasteiger partial charge in [-0.2, -0.15) is 0 Å². The zero-order chi connectivity index (χ0) is 13.8. The number of nitrogens with one attached hydrogen (secondary N) is 2. The van der Waals surface area contributed by atoms with Crippen molar-refractivity contribution in [2.45, 2.75) is 19.4 Å². The predicted octanol–water partition coefficient (Wildman–Crippen LogP) is 1.45. The Morgan fingerprint density at radius 3 is 2.89 bits per heavy atom. The van der Waals surface area contributed by atoms with Crippen molar-refractivity contribution in [1.82, 2.24) is 20.3 Å². The molecule has 0 aromatic carbocycles. The van der Waals surface area contributed by atoms with Gasteiger partial charge in [0.2, 0.25) is 5.01 Å². The van der Waals surface area contributed by atoms with Crippen LogP contribution in [0.25, 0.3) is 0 Å². The topological polar surface area (TPSA) is 108 Å². The van der Waals surface area contributed by atoms with Gasteiger partial charge in [-0.1, -0.05) is 6.92 Å². The van der Waals surface area contributed by atoms with Crippen LogP contribution in [0.2, 0.25) is 0 Å². The van der Waals surface area contributed by atoms with Gasteiger partial charge in [0.15, 0.2) is 0 Å². The van der Waals surface area contributed by atoms with E-state index < -0.39 is 11.9 Å². The second-order valence-electron chi connectivity index (χ2n) is 3.75. The minimum atomic E-state index is -1.14. The summed E-state index contributed by atoms with van der Waals surface area (Å²) in [4.78, 5) is 33.4. The third kappa shape index (κ3) is 2.97. The van der Waals surface area contributed by atoms with Crippen molar-refractivity contribution in [2.75, 3.05) is 0 Å². The molecular formula is C11H12N4O3S. The van der Waals surface area contributed by atoms with Crippen molar-refractivity contribution in [3.05, 3.63) is 34.3 Å². The highest BCUT2D eigenvalue weighted by Crippen LogP contribution is 2.14. The minimum absolute atomic E-state index is 0.101. The van der Waals surface area contributed by atoms with Crippen molar-refractivity contribution >= 4 is 23.2 Å². The Kier molecular flexibility index (Phi) is 3.91. The molecule has 100 valence electrons. The molecule has 2 heterocycles. The van der Waals surface area contributed by atoms with Crippen molar-refractivity contribution in [3.8, 4) is 0 Å². The number of amides is 1. The van der Waals surface area contributed by atoms with Crippen LogP contribution in [0.1, 0.15) is 45.5 Å². The van der Waals surface area contributed by atoms with E-state index in [4.69, 9.17) is 5.11 Å². The largest absolute Gasteiger partial charge is 0.476 e. The summed E-state index contributed by atoms with van der Waals surface area (Å²) >= 11 is 0.923. The Morgan fingerprint density at radius 1 is 1.58 bits per heavy atom. The first-order chi connectivity index (χ1) is 9.11. The Balaban J connectivity index is 2.09. The third-order valence-corrected chi connectivity index (χ3v) is 3.31. The molecule has 19 heavy (non-hydrogen) atoms. The van der Waals surface area contributed by atoms with Crippen LogP contribution in [0.15, 0.2) is 17.8 Å². The van der Waals surface area contributed by atoms with Crippen LogP contribution in [0.3, 0.4) is 0 Å². The number of imidazole rings is 1. The molecule has 0 bridgehead atoms. The molecule has 1 atom stereocenters. The van der Waals surface area contributed by atoms with E-state index in [0.29, 0.717) is 12.2 Å². The van der Waals surface area contributed by atoms with E-state index in [0.717, 1.165) is 11.3 Å². The first-order valence-electron chi connectivity index (χ1n) is 5.60. The standard InChI is InChI=1S/C11H12N4O3S/c1-2-6(8-12-3-4-13-8)14-9(16)7-5-19-10(15-7)11(17)18/h3-6H,2H2,1H3,(H,12,13)(H,14,16)(H,17,18). The smallest absolute Gasteiger partial charge is 0.365 e. The summed E-state index contributed by atoms with van der Waals surface area (Å²) in [5.74, 6) is -0.890. The van der Waals surface area contributed by atoms with Crippen molar-refractivity contribution in [2.24, 2.45) is 0 Å². The van der Waals surface area contributed by atoms with Gasteiger partial charge in [-0.25, -0.2) is 14.8 Å². The van der Waals surface area contributed by atoms with Crippen molar-refractivity contribution < 1.29 is 14.7 Å². The average molecular weight is 280 g/mol. The molecule has 2 aromatic rings. The van der Waals surface area contributed by atoms with Gasteiger partial charge in [0, 0.05) is 17.8 Å². The zero-order valence-corrected chi connectivity index (χ0v) is 10.9. The lowest BCUT2D eigenvalue weighted by Gasteiger charge is -2.13. The van der Waals surface area contributed by atoms with Crippen LogP contribution in [-0.2, 0) is 0 Å². The van der Waals surface area contributed by atoms with E-state index >= 15 is 0 Å². The number of carbonyl (C=O) groups is 2. The molecule has 3 N–H and O–H groups in total. The number of aromatic carboxylic acids is 1. The summed E-state index contributed by atoms with van der Waals surface area (Å²) in [5, 5.41) is 12.8. The molecule has 0 spiro atoms. The molecule has 7 nitrogen and oxygen atoms in total. The molecule has 2 aromatic heterocycles. The van der Waals surface area contributed by atoms with Crippen LogP contribution in [-0.4, -0.2) is 31.9 Å². The number of hydrogen-bond acceptors (Lipinski definition) is 5. The Morgan fingerprint density at radius 2 is 2.37 bits per heavy atom. The molecule has 0 saturated heterocycles. The molecule has 0 aliphatic rings. The van der Waals surface area contributed by atoms with Gasteiger partial charge in [0.1, 0.15) is 11.5 Å². The number of nitrogens with zero attached hydrogens (tertiary/aromatic N) is 2. The third-order valence-electron chi connectivity index (χ3n) is 2.48. The quantitative estimate of drug-likeness (QED) is 0.768. The molecule has 1 amide bonds. The van der Waals surface area contributed by atoms with E-state index in [1.54, 1.807) is 12.4 Å². The minimum Gasteiger partial charge on any atom is -0.476 e. The lowest BCUT2D eigenvalue weighted by molar-refractivity contribution is 0.0696. The second kappa shape index (κ2) is 5.61. The monoisotopic (exact) mass is 280 g/mol. The number of rotatable bonds is 5. The van der Waals surface area contributed by atoms with Crippen molar-refractivity contribution in [3.63, 3.8) is 0 Å². The van der Waals surface area contributed by atoms with Crippen LogP contribution < -0.4 is 5.32 Å². The molecule has 0 radical (unpaired) electrons. The summed E-state index contributed by atoms with van der Waals surface area (Å²) in [5.41, 5.74) is 0.104. The SMILES string of the molecule is CCC(NC(=O)c1csc(C(=O)O)n1)c1ncc[nH]1. The van der Waals surface area contributed by atoms with Gasteiger partial charge in [-0.3, -0.25) is 4.79 Å². The van der Waals surface area contributed by atoms with E-state index in [2.05, 4.69) is 20.3 Å². The predicted molar refractivity (Wildman–Crippen MR) is 68.2 cm³/mol. The fraction of sp³-hybridized carbons (Fsp3) is 0.273. The number of hydrogen-bond donors (Lipinski definition) is 3. The summed E-state index contributed by atoms with van der Waals surface area (Å²) in [6.45, 7) is 1.91. The van der Waals surface area contributed by atoms with Crippen LogP contribution in [0.4, 0.5) is 0 Å².